The van der Waals surface area contributed by atoms with E-state index in [1.807, 2.05) is 6.92 Å². The lowest BCUT2D eigenvalue weighted by Gasteiger charge is -2.16. The third-order valence-electron chi connectivity index (χ3n) is 2.63. The van der Waals surface area contributed by atoms with Crippen LogP contribution in [0.4, 0.5) is 8.78 Å². The summed E-state index contributed by atoms with van der Waals surface area (Å²) in [5.74, 6) is -1.18. The molecule has 1 aromatic rings. The van der Waals surface area contributed by atoms with E-state index in [4.69, 9.17) is 4.74 Å². The summed E-state index contributed by atoms with van der Waals surface area (Å²) in [5, 5.41) is 4.85. The van der Waals surface area contributed by atoms with Crippen LogP contribution in [0.1, 0.15) is 12.5 Å². The summed E-state index contributed by atoms with van der Waals surface area (Å²) in [4.78, 5) is 4.39. The Labute approximate surface area is 120 Å². The van der Waals surface area contributed by atoms with Crippen LogP contribution in [-0.4, -0.2) is 36.4 Å². The van der Waals surface area contributed by atoms with Gasteiger partial charge in [0.15, 0.2) is 16.8 Å². The summed E-state index contributed by atoms with van der Waals surface area (Å²) in [7, 11) is 1.62. The number of methoxy groups -OCH3 is 1. The van der Waals surface area contributed by atoms with Gasteiger partial charge in [0.05, 0.1) is 18.4 Å². The first kappa shape index (κ1) is 14.9. The van der Waals surface area contributed by atoms with E-state index in [9.17, 15) is 8.78 Å². The van der Waals surface area contributed by atoms with Gasteiger partial charge in [-0.2, -0.15) is 5.10 Å². The van der Waals surface area contributed by atoms with Crippen molar-refractivity contribution in [2.75, 3.05) is 19.5 Å². The molecule has 1 aliphatic rings. The van der Waals surface area contributed by atoms with Gasteiger partial charge in [-0.3, -0.25) is 10.4 Å². The van der Waals surface area contributed by atoms with Crippen molar-refractivity contribution >= 4 is 22.6 Å². The second kappa shape index (κ2) is 6.81. The lowest BCUT2D eigenvalue weighted by molar-refractivity contribution is 0.186. The minimum atomic E-state index is -0.872. The Morgan fingerprint density at radius 2 is 2.25 bits per heavy atom. The minimum absolute atomic E-state index is 0.0371. The van der Waals surface area contributed by atoms with E-state index >= 15 is 0 Å². The molecule has 0 aromatic heterocycles. The maximum absolute atomic E-state index is 13.2. The maximum Gasteiger partial charge on any atom is 0.177 e. The van der Waals surface area contributed by atoms with E-state index in [-0.39, 0.29) is 6.04 Å². The number of rotatable bonds is 4. The first-order valence-corrected chi connectivity index (χ1v) is 7.06. The zero-order valence-corrected chi connectivity index (χ0v) is 12.0. The number of halogens is 2. The van der Waals surface area contributed by atoms with Crippen LogP contribution in [0.15, 0.2) is 28.3 Å². The Kier molecular flexibility index (Phi) is 5.08. The topological polar surface area (TPSA) is 46.0 Å². The van der Waals surface area contributed by atoms with Gasteiger partial charge >= 0.3 is 0 Å². The SMILES string of the molecule is COCC(C)N=C1NN=C(c2ccc(F)c(F)c2)CS1. The highest BCUT2D eigenvalue weighted by molar-refractivity contribution is 8.14. The molecule has 4 nitrogen and oxygen atoms in total. The summed E-state index contributed by atoms with van der Waals surface area (Å²) in [5.41, 5.74) is 4.04. The zero-order valence-electron chi connectivity index (χ0n) is 11.2. The van der Waals surface area contributed by atoms with Crippen LogP contribution in [0.3, 0.4) is 0 Å². The molecule has 0 spiro atoms. The molecule has 1 N–H and O–H groups in total. The molecule has 0 saturated carbocycles. The highest BCUT2D eigenvalue weighted by Crippen LogP contribution is 2.16. The summed E-state index contributed by atoms with van der Waals surface area (Å²) in [6.45, 7) is 2.47. The molecular weight excluding hydrogens is 284 g/mol. The Hall–Kier alpha value is -1.47. The van der Waals surface area contributed by atoms with Gasteiger partial charge in [0.1, 0.15) is 0 Å². The average molecular weight is 299 g/mol. The van der Waals surface area contributed by atoms with Crippen molar-refractivity contribution in [3.05, 3.63) is 35.4 Å². The van der Waals surface area contributed by atoms with Crippen molar-refractivity contribution in [3.63, 3.8) is 0 Å². The molecule has 1 unspecified atom stereocenters. The van der Waals surface area contributed by atoms with Crippen LogP contribution in [0, 0.1) is 11.6 Å². The number of nitrogens with one attached hydrogen (secondary N) is 1. The predicted molar refractivity (Wildman–Crippen MR) is 77.3 cm³/mol. The zero-order chi connectivity index (χ0) is 14.5. The largest absolute Gasteiger partial charge is 0.382 e. The number of aliphatic imine (C=N–C) groups is 1. The van der Waals surface area contributed by atoms with Crippen molar-refractivity contribution in [1.82, 2.24) is 5.43 Å². The fourth-order valence-corrected chi connectivity index (χ4v) is 2.55. The lowest BCUT2D eigenvalue weighted by Crippen LogP contribution is -2.27. The third-order valence-corrected chi connectivity index (χ3v) is 3.52. The molecule has 0 radical (unpaired) electrons. The number of nitrogens with zero attached hydrogens (tertiary/aromatic N) is 2. The number of hydrazone groups is 1. The van der Waals surface area contributed by atoms with E-state index in [1.54, 1.807) is 7.11 Å². The van der Waals surface area contributed by atoms with Gasteiger partial charge in [0.2, 0.25) is 0 Å². The predicted octanol–water partition coefficient (Wildman–Crippen LogP) is 2.40. The molecule has 1 heterocycles. The molecule has 20 heavy (non-hydrogen) atoms. The first-order chi connectivity index (χ1) is 9.60. The molecule has 1 aliphatic heterocycles. The van der Waals surface area contributed by atoms with Gasteiger partial charge in [-0.25, -0.2) is 8.78 Å². The molecule has 7 heteroatoms. The molecular formula is C13H15F2N3OS. The molecule has 2 rings (SSSR count). The number of ether oxygens (including phenoxy) is 1. The van der Waals surface area contributed by atoms with Crippen LogP contribution < -0.4 is 5.43 Å². The van der Waals surface area contributed by atoms with Crippen LogP contribution in [-0.2, 0) is 4.74 Å². The quantitative estimate of drug-likeness (QED) is 0.928. The van der Waals surface area contributed by atoms with E-state index in [2.05, 4.69) is 15.5 Å². The van der Waals surface area contributed by atoms with E-state index in [1.165, 1.54) is 17.8 Å². The fourth-order valence-electron chi connectivity index (χ4n) is 1.68. The molecule has 0 amide bonds. The number of hydrogen-bond donors (Lipinski definition) is 1. The van der Waals surface area contributed by atoms with Crippen LogP contribution >= 0.6 is 11.8 Å². The molecule has 108 valence electrons. The van der Waals surface area contributed by atoms with Gasteiger partial charge in [0.25, 0.3) is 0 Å². The normalized spacial score (nSPS) is 18.6. The molecule has 0 aliphatic carbocycles. The molecule has 0 saturated heterocycles. The summed E-state index contributed by atoms with van der Waals surface area (Å²) >= 11 is 1.47. The standard InChI is InChI=1S/C13H15F2N3OS/c1-8(6-19-2)16-13-18-17-12(7-20-13)9-3-4-10(14)11(15)5-9/h3-5,8H,6-7H2,1-2H3,(H,16,18). The minimum Gasteiger partial charge on any atom is -0.382 e. The lowest BCUT2D eigenvalue weighted by atomic mass is 10.1. The summed E-state index contributed by atoms with van der Waals surface area (Å²) in [6, 6.07) is 3.79. The van der Waals surface area contributed by atoms with Crippen LogP contribution in [0.5, 0.6) is 0 Å². The van der Waals surface area contributed by atoms with E-state index < -0.39 is 11.6 Å². The van der Waals surface area contributed by atoms with Crippen molar-refractivity contribution in [2.45, 2.75) is 13.0 Å². The van der Waals surface area contributed by atoms with Gasteiger partial charge in [-0.05, 0) is 25.1 Å². The third kappa shape index (κ3) is 3.77. The highest BCUT2D eigenvalue weighted by atomic mass is 32.2. The van der Waals surface area contributed by atoms with Crippen molar-refractivity contribution in [2.24, 2.45) is 10.1 Å². The highest BCUT2D eigenvalue weighted by Gasteiger charge is 2.15. The second-order valence-electron chi connectivity index (χ2n) is 4.33. The average Bonchev–Trinajstić information content (AvgIpc) is 2.43. The Balaban J connectivity index is 2.07. The van der Waals surface area contributed by atoms with Gasteiger partial charge in [-0.15, -0.1) is 0 Å². The van der Waals surface area contributed by atoms with Crippen molar-refractivity contribution in [3.8, 4) is 0 Å². The first-order valence-electron chi connectivity index (χ1n) is 6.07. The summed E-state index contributed by atoms with van der Waals surface area (Å²) in [6.07, 6.45) is 0. The Morgan fingerprint density at radius 1 is 1.45 bits per heavy atom. The molecule has 0 bridgehead atoms. The molecule has 1 aromatic carbocycles. The maximum atomic E-state index is 13.2. The monoisotopic (exact) mass is 299 g/mol. The smallest absolute Gasteiger partial charge is 0.177 e. The van der Waals surface area contributed by atoms with Gasteiger partial charge in [0, 0.05) is 18.4 Å². The second-order valence-corrected chi connectivity index (χ2v) is 5.29. The number of thioether (sulfide) groups is 1. The van der Waals surface area contributed by atoms with Crippen LogP contribution in [0.25, 0.3) is 0 Å². The van der Waals surface area contributed by atoms with Gasteiger partial charge < -0.3 is 4.74 Å². The van der Waals surface area contributed by atoms with Gasteiger partial charge in [-0.1, -0.05) is 11.8 Å². The van der Waals surface area contributed by atoms with E-state index in [0.29, 0.717) is 28.8 Å². The van der Waals surface area contributed by atoms with Crippen molar-refractivity contribution in [1.29, 1.82) is 0 Å². The number of hydrogen-bond acceptors (Lipinski definition) is 4. The van der Waals surface area contributed by atoms with E-state index in [0.717, 1.165) is 12.1 Å². The van der Waals surface area contributed by atoms with Crippen molar-refractivity contribution < 1.29 is 13.5 Å². The number of amidine groups is 1. The Morgan fingerprint density at radius 3 is 2.85 bits per heavy atom. The Bertz CT molecular complexity index is 548. The number of benzene rings is 1. The summed E-state index contributed by atoms with van der Waals surface area (Å²) < 4.78 is 31.1. The molecule has 1 atom stereocenters. The fraction of sp³-hybridized carbons (Fsp3) is 0.385. The van der Waals surface area contributed by atoms with Crippen LogP contribution in [0.2, 0.25) is 0 Å². The molecule has 0 fully saturated rings.